The van der Waals surface area contributed by atoms with Gasteiger partial charge in [0.2, 0.25) is 5.89 Å². The first-order valence-corrected chi connectivity index (χ1v) is 8.86. The van der Waals surface area contributed by atoms with Gasteiger partial charge >= 0.3 is 0 Å². The smallest absolute Gasteiger partial charge is 0.277 e. The number of Topliss-reactive ketones (excluding diaryl/α,β-unsaturated/α-hetero) is 1. The van der Waals surface area contributed by atoms with Crippen molar-refractivity contribution in [3.63, 3.8) is 0 Å². The molecule has 1 atom stereocenters. The number of carbonyl (C=O) groups excluding carboxylic acids is 1. The average molecular weight is 367 g/mol. The topological polar surface area (TPSA) is 71.8 Å². The maximum atomic E-state index is 13.0. The molecule has 1 N–H and O–H groups in total. The number of aromatic nitrogens is 3. The predicted octanol–water partition coefficient (Wildman–Crippen LogP) is 4.72. The molecule has 0 unspecified atom stereocenters. The molecule has 4 rings (SSSR count). The number of nitrogens with zero attached hydrogens (tertiary/aromatic N) is 2. The highest BCUT2D eigenvalue weighted by atomic mass is 32.2. The molecule has 0 fully saturated rings. The molecule has 0 aliphatic carbocycles. The third-order valence-corrected chi connectivity index (χ3v) is 4.93. The van der Waals surface area contributed by atoms with Crippen molar-refractivity contribution in [2.45, 2.75) is 17.4 Å². The molecule has 0 aliphatic rings. The number of H-pyrrole nitrogens is 1. The van der Waals surface area contributed by atoms with Gasteiger partial charge in [0.15, 0.2) is 5.78 Å². The lowest BCUT2D eigenvalue weighted by atomic mass is 10.1. The Kier molecular flexibility index (Phi) is 4.30. The molecule has 0 saturated heterocycles. The van der Waals surface area contributed by atoms with Gasteiger partial charge in [-0.25, -0.2) is 4.39 Å². The zero-order valence-corrected chi connectivity index (χ0v) is 14.6. The summed E-state index contributed by atoms with van der Waals surface area (Å²) in [5.74, 6) is -0.0611. The molecule has 5 nitrogen and oxygen atoms in total. The van der Waals surface area contributed by atoms with E-state index in [-0.39, 0.29) is 11.6 Å². The largest absolute Gasteiger partial charge is 0.411 e. The number of benzene rings is 2. The van der Waals surface area contributed by atoms with Crippen molar-refractivity contribution in [1.29, 1.82) is 0 Å². The molecule has 0 saturated carbocycles. The number of carbonyl (C=O) groups is 1. The number of aromatic amines is 1. The third-order valence-electron chi connectivity index (χ3n) is 4.00. The van der Waals surface area contributed by atoms with Crippen LogP contribution in [0.4, 0.5) is 4.39 Å². The second-order valence-corrected chi connectivity index (χ2v) is 7.04. The summed E-state index contributed by atoms with van der Waals surface area (Å²) >= 11 is 1.20. The van der Waals surface area contributed by atoms with Gasteiger partial charge in [-0.1, -0.05) is 30.0 Å². The summed E-state index contributed by atoms with van der Waals surface area (Å²) in [7, 11) is 0. The summed E-state index contributed by atoms with van der Waals surface area (Å²) in [6.45, 7) is 1.80. The van der Waals surface area contributed by atoms with E-state index in [1.54, 1.807) is 25.3 Å². The summed E-state index contributed by atoms with van der Waals surface area (Å²) in [5.41, 5.74) is 2.18. The number of rotatable bonds is 5. The van der Waals surface area contributed by atoms with E-state index in [9.17, 15) is 9.18 Å². The van der Waals surface area contributed by atoms with Crippen LogP contribution in [0.15, 0.2) is 64.4 Å². The van der Waals surface area contributed by atoms with Gasteiger partial charge in [-0.3, -0.25) is 4.79 Å². The Balaban J connectivity index is 1.52. The summed E-state index contributed by atoms with van der Waals surface area (Å²) < 4.78 is 18.6. The number of para-hydroxylation sites is 1. The molecule has 4 aromatic rings. The Hall–Kier alpha value is -2.93. The van der Waals surface area contributed by atoms with Crippen molar-refractivity contribution < 1.29 is 13.6 Å². The molecular weight excluding hydrogens is 353 g/mol. The van der Waals surface area contributed by atoms with Crippen molar-refractivity contribution >= 4 is 28.4 Å². The Morgan fingerprint density at radius 2 is 1.92 bits per heavy atom. The van der Waals surface area contributed by atoms with Gasteiger partial charge in [0, 0.05) is 28.2 Å². The first-order valence-electron chi connectivity index (χ1n) is 7.98. The Bertz CT molecular complexity index is 1070. The van der Waals surface area contributed by atoms with Crippen LogP contribution in [0.3, 0.4) is 0 Å². The van der Waals surface area contributed by atoms with Crippen LogP contribution in [-0.4, -0.2) is 26.2 Å². The molecular formula is C19H14FN3O2S. The van der Waals surface area contributed by atoms with Gasteiger partial charge in [-0.2, -0.15) is 0 Å². The van der Waals surface area contributed by atoms with E-state index in [0.717, 1.165) is 10.9 Å². The van der Waals surface area contributed by atoms with Crippen LogP contribution < -0.4 is 0 Å². The lowest BCUT2D eigenvalue weighted by molar-refractivity contribution is 0.0995. The second-order valence-electron chi connectivity index (χ2n) is 5.75. The number of hydrogen-bond acceptors (Lipinski definition) is 5. The number of hydrogen-bond donors (Lipinski definition) is 1. The fourth-order valence-corrected chi connectivity index (χ4v) is 3.42. The number of thioether (sulfide) groups is 1. The van der Waals surface area contributed by atoms with Gasteiger partial charge in [-0.05, 0) is 37.3 Å². The fraction of sp³-hybridized carbons (Fsp3) is 0.105. The SMILES string of the molecule is C[C@@H](Sc1nnc(-c2ccc(F)cc2)o1)C(=O)c1c[nH]c2ccccc12. The van der Waals surface area contributed by atoms with Crippen molar-refractivity contribution in [3.8, 4) is 11.5 Å². The second kappa shape index (κ2) is 6.76. The highest BCUT2D eigenvalue weighted by Gasteiger charge is 2.22. The van der Waals surface area contributed by atoms with Crippen LogP contribution in [0.25, 0.3) is 22.4 Å². The zero-order valence-electron chi connectivity index (χ0n) is 13.8. The Morgan fingerprint density at radius 1 is 1.15 bits per heavy atom. The molecule has 130 valence electrons. The van der Waals surface area contributed by atoms with Crippen LogP contribution in [-0.2, 0) is 0 Å². The van der Waals surface area contributed by atoms with Crippen LogP contribution in [0.1, 0.15) is 17.3 Å². The fourth-order valence-electron chi connectivity index (χ4n) is 2.67. The average Bonchev–Trinajstić information content (AvgIpc) is 3.29. The lowest BCUT2D eigenvalue weighted by Crippen LogP contribution is -2.13. The minimum atomic E-state index is -0.393. The van der Waals surface area contributed by atoms with Crippen molar-refractivity contribution in [2.75, 3.05) is 0 Å². The molecule has 26 heavy (non-hydrogen) atoms. The van der Waals surface area contributed by atoms with E-state index in [1.807, 2.05) is 24.3 Å². The molecule has 0 aliphatic heterocycles. The van der Waals surface area contributed by atoms with E-state index in [4.69, 9.17) is 4.42 Å². The molecule has 0 amide bonds. The first-order chi connectivity index (χ1) is 12.6. The molecule has 0 bridgehead atoms. The van der Waals surface area contributed by atoms with E-state index in [0.29, 0.717) is 22.2 Å². The van der Waals surface area contributed by atoms with Crippen molar-refractivity contribution in [3.05, 3.63) is 66.1 Å². The third kappa shape index (κ3) is 3.13. The number of fused-ring (bicyclic) bond motifs is 1. The van der Waals surface area contributed by atoms with Crippen molar-refractivity contribution in [1.82, 2.24) is 15.2 Å². The maximum Gasteiger partial charge on any atom is 0.277 e. The Labute approximate surface area is 152 Å². The molecule has 2 aromatic carbocycles. The lowest BCUT2D eigenvalue weighted by Gasteiger charge is -2.06. The first kappa shape index (κ1) is 16.5. The van der Waals surface area contributed by atoms with E-state index >= 15 is 0 Å². The minimum Gasteiger partial charge on any atom is -0.411 e. The van der Waals surface area contributed by atoms with E-state index < -0.39 is 5.25 Å². The summed E-state index contributed by atoms with van der Waals surface area (Å²) in [6, 6.07) is 13.5. The van der Waals surface area contributed by atoms with Crippen LogP contribution in [0.5, 0.6) is 0 Å². The summed E-state index contributed by atoms with van der Waals surface area (Å²) in [4.78, 5) is 15.9. The zero-order chi connectivity index (χ0) is 18.1. The normalized spacial score (nSPS) is 12.4. The molecule has 0 radical (unpaired) electrons. The maximum absolute atomic E-state index is 13.0. The highest BCUT2D eigenvalue weighted by molar-refractivity contribution is 8.00. The van der Waals surface area contributed by atoms with Gasteiger partial charge in [0.1, 0.15) is 5.82 Å². The van der Waals surface area contributed by atoms with Crippen LogP contribution in [0.2, 0.25) is 0 Å². The van der Waals surface area contributed by atoms with E-state index in [2.05, 4.69) is 15.2 Å². The quantitative estimate of drug-likeness (QED) is 0.408. The summed E-state index contributed by atoms with van der Waals surface area (Å²) in [5, 5.41) is 8.73. The van der Waals surface area contributed by atoms with Crippen molar-refractivity contribution in [2.24, 2.45) is 0 Å². The molecule has 2 heterocycles. The number of nitrogens with one attached hydrogen (secondary N) is 1. The molecule has 2 aromatic heterocycles. The minimum absolute atomic E-state index is 0.0195. The highest BCUT2D eigenvalue weighted by Crippen LogP contribution is 2.29. The molecule has 0 spiro atoms. The van der Waals surface area contributed by atoms with Crippen LogP contribution >= 0.6 is 11.8 Å². The van der Waals surface area contributed by atoms with E-state index in [1.165, 1.54) is 23.9 Å². The standard InChI is InChI=1S/C19H14FN3O2S/c1-11(17(24)15-10-21-16-5-3-2-4-14(15)16)26-19-23-22-18(25-19)12-6-8-13(20)9-7-12/h2-11,21H,1H3/t11-/m1/s1. The molecule has 7 heteroatoms. The van der Waals surface area contributed by atoms with Gasteiger partial charge < -0.3 is 9.40 Å². The number of ketones is 1. The van der Waals surface area contributed by atoms with Gasteiger partial charge in [0.25, 0.3) is 5.22 Å². The number of halogens is 1. The summed E-state index contributed by atoms with van der Waals surface area (Å²) in [6.07, 6.45) is 1.72. The Morgan fingerprint density at radius 3 is 2.73 bits per heavy atom. The van der Waals surface area contributed by atoms with Gasteiger partial charge in [0.05, 0.1) is 5.25 Å². The monoisotopic (exact) mass is 367 g/mol. The predicted molar refractivity (Wildman–Crippen MR) is 97.6 cm³/mol. The van der Waals surface area contributed by atoms with Gasteiger partial charge in [-0.15, -0.1) is 10.2 Å². The van der Waals surface area contributed by atoms with Crippen LogP contribution in [0, 0.1) is 5.82 Å².